The summed E-state index contributed by atoms with van der Waals surface area (Å²) in [6.07, 6.45) is 1.14. The predicted molar refractivity (Wildman–Crippen MR) is 62.5 cm³/mol. The Balaban J connectivity index is 2.06. The van der Waals surface area contributed by atoms with Crippen LogP contribution < -0.4 is 10.6 Å². The number of carbonyl (C=O) groups is 1. The van der Waals surface area contributed by atoms with Crippen molar-refractivity contribution in [3.63, 3.8) is 0 Å². The summed E-state index contributed by atoms with van der Waals surface area (Å²) in [7, 11) is 0. The Hall–Kier alpha value is -1.35. The second kappa shape index (κ2) is 3.91. The molecule has 16 heavy (non-hydrogen) atoms. The Bertz CT molecular complexity index is 416. The lowest BCUT2D eigenvalue weighted by molar-refractivity contribution is 0.0950. The van der Waals surface area contributed by atoms with Gasteiger partial charge in [0, 0.05) is 18.7 Å². The number of benzene rings is 1. The fourth-order valence-corrected chi connectivity index (χ4v) is 2.89. The Kier molecular flexibility index (Phi) is 2.40. The molecule has 2 aliphatic heterocycles. The van der Waals surface area contributed by atoms with Crippen LogP contribution in [0, 0.1) is 5.92 Å². The molecule has 1 amide bonds. The topological polar surface area (TPSA) is 41.1 Å². The number of carbonyl (C=O) groups excluding carboxylic acids is 1. The summed E-state index contributed by atoms with van der Waals surface area (Å²) in [5, 5.41) is 6.43. The van der Waals surface area contributed by atoms with Crippen LogP contribution in [0.2, 0.25) is 0 Å². The van der Waals surface area contributed by atoms with Gasteiger partial charge in [-0.1, -0.05) is 18.2 Å². The molecule has 1 aromatic rings. The Labute approximate surface area is 95.2 Å². The molecule has 1 fully saturated rings. The van der Waals surface area contributed by atoms with Gasteiger partial charge in [0.05, 0.1) is 0 Å². The van der Waals surface area contributed by atoms with Crippen LogP contribution in [0.4, 0.5) is 0 Å². The van der Waals surface area contributed by atoms with Crippen molar-refractivity contribution in [2.45, 2.75) is 12.3 Å². The van der Waals surface area contributed by atoms with Crippen LogP contribution in [0.1, 0.15) is 28.3 Å². The van der Waals surface area contributed by atoms with Gasteiger partial charge in [-0.25, -0.2) is 0 Å². The summed E-state index contributed by atoms with van der Waals surface area (Å²) >= 11 is 0. The molecular weight excluding hydrogens is 200 g/mol. The van der Waals surface area contributed by atoms with E-state index >= 15 is 0 Å². The lowest BCUT2D eigenvalue weighted by Gasteiger charge is -2.31. The van der Waals surface area contributed by atoms with Gasteiger partial charge in [0.2, 0.25) is 0 Å². The second-order valence-corrected chi connectivity index (χ2v) is 4.66. The summed E-state index contributed by atoms with van der Waals surface area (Å²) in [5.74, 6) is 1.17. The highest BCUT2D eigenvalue weighted by Crippen LogP contribution is 2.33. The standard InChI is InChI=1S/C13H16N2O/c16-13-12-4-2-1-3-11(12)10-5-6-14-7-9(10)8-15-13/h1-4,9-10,14H,5-8H2,(H,15,16). The number of nitrogens with one attached hydrogen (secondary N) is 2. The average molecular weight is 216 g/mol. The monoisotopic (exact) mass is 216 g/mol. The third kappa shape index (κ3) is 1.52. The number of piperidine rings is 1. The third-order valence-corrected chi connectivity index (χ3v) is 3.74. The maximum Gasteiger partial charge on any atom is 0.251 e. The first-order chi connectivity index (χ1) is 7.86. The first kappa shape index (κ1) is 9.85. The van der Waals surface area contributed by atoms with Gasteiger partial charge in [-0.2, -0.15) is 0 Å². The van der Waals surface area contributed by atoms with Crippen molar-refractivity contribution in [1.82, 2.24) is 10.6 Å². The smallest absolute Gasteiger partial charge is 0.251 e. The Morgan fingerprint density at radius 1 is 1.19 bits per heavy atom. The van der Waals surface area contributed by atoms with Crippen LogP contribution in [0.15, 0.2) is 24.3 Å². The van der Waals surface area contributed by atoms with Gasteiger partial charge in [0.1, 0.15) is 0 Å². The quantitative estimate of drug-likeness (QED) is 0.682. The predicted octanol–water partition coefficient (Wildman–Crippen LogP) is 1.12. The normalized spacial score (nSPS) is 28.6. The molecule has 3 rings (SSSR count). The van der Waals surface area contributed by atoms with Crippen molar-refractivity contribution in [1.29, 1.82) is 0 Å². The highest BCUT2D eigenvalue weighted by Gasteiger charge is 2.32. The van der Waals surface area contributed by atoms with Crippen LogP contribution >= 0.6 is 0 Å². The van der Waals surface area contributed by atoms with Gasteiger partial charge >= 0.3 is 0 Å². The molecule has 1 aromatic carbocycles. The molecule has 2 heterocycles. The van der Waals surface area contributed by atoms with Crippen molar-refractivity contribution >= 4 is 5.91 Å². The first-order valence-corrected chi connectivity index (χ1v) is 5.94. The maximum atomic E-state index is 11.9. The van der Waals surface area contributed by atoms with E-state index < -0.39 is 0 Å². The van der Waals surface area contributed by atoms with Crippen LogP contribution in [0.5, 0.6) is 0 Å². The van der Waals surface area contributed by atoms with Crippen molar-refractivity contribution < 1.29 is 4.79 Å². The first-order valence-electron chi connectivity index (χ1n) is 5.94. The van der Waals surface area contributed by atoms with Crippen molar-refractivity contribution in [2.75, 3.05) is 19.6 Å². The van der Waals surface area contributed by atoms with Crippen molar-refractivity contribution in [3.05, 3.63) is 35.4 Å². The second-order valence-electron chi connectivity index (χ2n) is 4.66. The Morgan fingerprint density at radius 3 is 3.00 bits per heavy atom. The summed E-state index contributed by atoms with van der Waals surface area (Å²) in [5.41, 5.74) is 2.11. The number of fused-ring (bicyclic) bond motifs is 3. The number of rotatable bonds is 0. The summed E-state index contributed by atoms with van der Waals surface area (Å²) < 4.78 is 0. The fraction of sp³-hybridized carbons (Fsp3) is 0.462. The van der Waals surface area contributed by atoms with E-state index in [-0.39, 0.29) is 5.91 Å². The largest absolute Gasteiger partial charge is 0.352 e. The molecule has 0 spiro atoms. The number of hydrogen-bond donors (Lipinski definition) is 2. The van der Waals surface area contributed by atoms with E-state index in [4.69, 9.17) is 0 Å². The summed E-state index contributed by atoms with van der Waals surface area (Å²) in [6, 6.07) is 8.04. The van der Waals surface area contributed by atoms with E-state index in [0.717, 1.165) is 31.6 Å². The van der Waals surface area contributed by atoms with Crippen LogP contribution in [0.25, 0.3) is 0 Å². The van der Waals surface area contributed by atoms with E-state index in [9.17, 15) is 4.79 Å². The van der Waals surface area contributed by atoms with Crippen molar-refractivity contribution in [2.24, 2.45) is 5.92 Å². The van der Waals surface area contributed by atoms with E-state index in [1.54, 1.807) is 0 Å². The van der Waals surface area contributed by atoms with E-state index in [0.29, 0.717) is 11.8 Å². The molecule has 0 radical (unpaired) electrons. The molecule has 0 aromatic heterocycles. The van der Waals surface area contributed by atoms with Crippen LogP contribution in [-0.2, 0) is 0 Å². The zero-order valence-corrected chi connectivity index (χ0v) is 9.20. The molecule has 0 saturated carbocycles. The number of hydrogen-bond acceptors (Lipinski definition) is 2. The lowest BCUT2D eigenvalue weighted by Crippen LogP contribution is -2.39. The summed E-state index contributed by atoms with van der Waals surface area (Å²) in [4.78, 5) is 11.9. The molecule has 3 heteroatoms. The zero-order valence-electron chi connectivity index (χ0n) is 9.20. The van der Waals surface area contributed by atoms with E-state index in [1.807, 2.05) is 18.2 Å². The molecule has 2 N–H and O–H groups in total. The average Bonchev–Trinajstić information content (AvgIpc) is 2.49. The fourth-order valence-electron chi connectivity index (χ4n) is 2.89. The maximum absolute atomic E-state index is 11.9. The van der Waals surface area contributed by atoms with Gasteiger partial charge in [0.25, 0.3) is 5.91 Å². The van der Waals surface area contributed by atoms with E-state index in [1.165, 1.54) is 5.56 Å². The molecule has 2 unspecified atom stereocenters. The van der Waals surface area contributed by atoms with Crippen molar-refractivity contribution in [3.8, 4) is 0 Å². The minimum Gasteiger partial charge on any atom is -0.352 e. The molecule has 84 valence electrons. The molecule has 3 nitrogen and oxygen atoms in total. The zero-order chi connectivity index (χ0) is 11.0. The van der Waals surface area contributed by atoms with Gasteiger partial charge in [0.15, 0.2) is 0 Å². The highest BCUT2D eigenvalue weighted by atomic mass is 16.1. The van der Waals surface area contributed by atoms with Gasteiger partial charge in [-0.05, 0) is 36.4 Å². The summed E-state index contributed by atoms with van der Waals surface area (Å²) in [6.45, 7) is 2.87. The molecule has 2 atom stereocenters. The molecule has 2 aliphatic rings. The minimum atomic E-state index is 0.0880. The third-order valence-electron chi connectivity index (χ3n) is 3.74. The SMILES string of the molecule is O=C1NCC2CNCCC2c2ccccc21. The van der Waals surface area contributed by atoms with E-state index in [2.05, 4.69) is 16.7 Å². The molecule has 1 saturated heterocycles. The molecular formula is C13H16N2O. The Morgan fingerprint density at radius 2 is 2.06 bits per heavy atom. The van der Waals surface area contributed by atoms with Crippen LogP contribution in [-0.4, -0.2) is 25.5 Å². The lowest BCUT2D eigenvalue weighted by atomic mass is 9.80. The van der Waals surface area contributed by atoms with Gasteiger partial charge in [-0.15, -0.1) is 0 Å². The minimum absolute atomic E-state index is 0.0880. The molecule has 0 aliphatic carbocycles. The highest BCUT2D eigenvalue weighted by molar-refractivity contribution is 5.96. The van der Waals surface area contributed by atoms with Gasteiger partial charge < -0.3 is 10.6 Å². The van der Waals surface area contributed by atoms with Crippen LogP contribution in [0.3, 0.4) is 0 Å². The van der Waals surface area contributed by atoms with Gasteiger partial charge in [-0.3, -0.25) is 4.79 Å². The number of amides is 1. The molecule has 0 bridgehead atoms.